The highest BCUT2D eigenvalue weighted by Gasteiger charge is 2.28. The molecule has 2 aliphatic rings. The third-order valence-corrected chi connectivity index (χ3v) is 4.93. The lowest BCUT2D eigenvalue weighted by atomic mass is 10.0. The molecule has 0 aliphatic carbocycles. The maximum Gasteiger partial charge on any atom is 0.279 e. The van der Waals surface area contributed by atoms with Crippen LogP contribution in [0.2, 0.25) is 0 Å². The minimum absolute atomic E-state index is 0. The third kappa shape index (κ3) is 4.32. The predicted molar refractivity (Wildman–Crippen MR) is 72.2 cm³/mol. The molecule has 2 N–H and O–H groups in total. The monoisotopic (exact) mass is 299 g/mol. The van der Waals surface area contributed by atoms with Crippen LogP contribution in [-0.4, -0.2) is 57.7 Å². The van der Waals surface area contributed by atoms with Crippen molar-refractivity contribution in [2.45, 2.75) is 31.8 Å². The number of morpholine rings is 1. The van der Waals surface area contributed by atoms with E-state index >= 15 is 0 Å². The number of ether oxygens (including phenoxy) is 1. The minimum atomic E-state index is -3.33. The molecule has 108 valence electrons. The van der Waals surface area contributed by atoms with Crippen LogP contribution in [0.5, 0.6) is 0 Å². The van der Waals surface area contributed by atoms with Gasteiger partial charge in [0.15, 0.2) is 0 Å². The Kier molecular flexibility index (Phi) is 6.29. The van der Waals surface area contributed by atoms with E-state index in [-0.39, 0.29) is 18.4 Å². The Bertz CT molecular complexity index is 346. The van der Waals surface area contributed by atoms with Crippen LogP contribution >= 0.6 is 12.4 Å². The maximum atomic E-state index is 12.1. The molecule has 2 fully saturated rings. The normalized spacial score (nSPS) is 30.7. The zero-order valence-electron chi connectivity index (χ0n) is 10.6. The highest BCUT2D eigenvalue weighted by atomic mass is 35.5. The van der Waals surface area contributed by atoms with E-state index < -0.39 is 10.2 Å². The molecular formula is C10H22ClN3O3S. The minimum Gasteiger partial charge on any atom is -0.379 e. The van der Waals surface area contributed by atoms with Crippen molar-refractivity contribution in [3.63, 3.8) is 0 Å². The number of nitrogens with zero attached hydrogens (tertiary/aromatic N) is 1. The molecule has 2 saturated heterocycles. The fourth-order valence-corrected chi connectivity index (χ4v) is 3.73. The Hall–Kier alpha value is 0.0800. The van der Waals surface area contributed by atoms with E-state index in [1.807, 2.05) is 0 Å². The van der Waals surface area contributed by atoms with Gasteiger partial charge in [0.05, 0.1) is 13.2 Å². The molecule has 0 aromatic heterocycles. The van der Waals surface area contributed by atoms with E-state index in [4.69, 9.17) is 4.74 Å². The van der Waals surface area contributed by atoms with Gasteiger partial charge in [0.2, 0.25) is 0 Å². The highest BCUT2D eigenvalue weighted by Crippen LogP contribution is 2.11. The fraction of sp³-hybridized carbons (Fsp3) is 1.00. The van der Waals surface area contributed by atoms with Crippen molar-refractivity contribution in [2.24, 2.45) is 0 Å². The van der Waals surface area contributed by atoms with Gasteiger partial charge in [-0.2, -0.15) is 17.4 Å². The molecule has 0 spiro atoms. The smallest absolute Gasteiger partial charge is 0.279 e. The standard InChI is InChI=1S/C10H21N3O3S.ClH/c1-9-8-10(2-3-11-9)12-17(14,15)13-4-6-16-7-5-13;/h9-12H,2-8H2,1H3;1H. The van der Waals surface area contributed by atoms with Crippen molar-refractivity contribution < 1.29 is 13.2 Å². The molecule has 0 aromatic carbocycles. The van der Waals surface area contributed by atoms with E-state index in [1.165, 1.54) is 4.31 Å². The number of hydrogen-bond donors (Lipinski definition) is 2. The summed E-state index contributed by atoms with van der Waals surface area (Å²) in [5.41, 5.74) is 0. The molecule has 6 nitrogen and oxygen atoms in total. The second kappa shape index (κ2) is 7.02. The first kappa shape index (κ1) is 16.1. The van der Waals surface area contributed by atoms with Crippen molar-refractivity contribution in [1.29, 1.82) is 0 Å². The zero-order chi connectivity index (χ0) is 12.3. The SMILES string of the molecule is CC1CC(NS(=O)(=O)N2CCOCC2)CCN1.Cl. The number of rotatable bonds is 3. The summed E-state index contributed by atoms with van der Waals surface area (Å²) in [6, 6.07) is 0.431. The molecule has 0 aromatic rings. The molecule has 0 bridgehead atoms. The van der Waals surface area contributed by atoms with Gasteiger partial charge in [-0.25, -0.2) is 0 Å². The average Bonchev–Trinajstić information content (AvgIpc) is 2.29. The van der Waals surface area contributed by atoms with Gasteiger partial charge in [0, 0.05) is 25.2 Å². The number of nitrogens with one attached hydrogen (secondary N) is 2. The lowest BCUT2D eigenvalue weighted by Gasteiger charge is -2.32. The van der Waals surface area contributed by atoms with Crippen LogP contribution in [0.25, 0.3) is 0 Å². The van der Waals surface area contributed by atoms with E-state index in [2.05, 4.69) is 17.0 Å². The van der Waals surface area contributed by atoms with E-state index in [0.717, 1.165) is 19.4 Å². The summed E-state index contributed by atoms with van der Waals surface area (Å²) in [6.07, 6.45) is 1.71. The molecule has 18 heavy (non-hydrogen) atoms. The van der Waals surface area contributed by atoms with Gasteiger partial charge >= 0.3 is 0 Å². The lowest BCUT2D eigenvalue weighted by molar-refractivity contribution is 0.0722. The Morgan fingerprint density at radius 1 is 1.33 bits per heavy atom. The van der Waals surface area contributed by atoms with Crippen LogP contribution in [0.15, 0.2) is 0 Å². The first-order valence-corrected chi connectivity index (χ1v) is 7.60. The first-order chi connectivity index (χ1) is 8.08. The first-order valence-electron chi connectivity index (χ1n) is 6.16. The van der Waals surface area contributed by atoms with Crippen molar-refractivity contribution in [3.8, 4) is 0 Å². The summed E-state index contributed by atoms with van der Waals surface area (Å²) in [5, 5.41) is 3.31. The lowest BCUT2D eigenvalue weighted by Crippen LogP contribution is -2.52. The summed E-state index contributed by atoms with van der Waals surface area (Å²) < 4.78 is 33.6. The van der Waals surface area contributed by atoms with Crippen molar-refractivity contribution in [1.82, 2.24) is 14.3 Å². The van der Waals surface area contributed by atoms with Crippen molar-refractivity contribution >= 4 is 22.6 Å². The van der Waals surface area contributed by atoms with Gasteiger partial charge in [-0.1, -0.05) is 0 Å². The fourth-order valence-electron chi connectivity index (χ4n) is 2.31. The van der Waals surface area contributed by atoms with Crippen LogP contribution in [-0.2, 0) is 14.9 Å². The Morgan fingerprint density at radius 3 is 2.61 bits per heavy atom. The van der Waals surface area contributed by atoms with Gasteiger partial charge in [0.25, 0.3) is 10.2 Å². The molecule has 0 amide bonds. The Balaban J connectivity index is 0.00000162. The van der Waals surface area contributed by atoms with Gasteiger partial charge < -0.3 is 10.1 Å². The topological polar surface area (TPSA) is 70.7 Å². The highest BCUT2D eigenvalue weighted by molar-refractivity contribution is 7.87. The molecule has 8 heteroatoms. The average molecular weight is 300 g/mol. The summed E-state index contributed by atoms with van der Waals surface area (Å²) >= 11 is 0. The zero-order valence-corrected chi connectivity index (χ0v) is 12.2. The molecule has 2 heterocycles. The number of halogens is 1. The van der Waals surface area contributed by atoms with Gasteiger partial charge in [0.1, 0.15) is 0 Å². The Morgan fingerprint density at radius 2 is 2.00 bits per heavy atom. The third-order valence-electron chi connectivity index (χ3n) is 3.25. The number of piperidine rings is 1. The van der Waals surface area contributed by atoms with Crippen LogP contribution < -0.4 is 10.0 Å². The molecule has 2 aliphatic heterocycles. The molecule has 2 rings (SSSR count). The summed E-state index contributed by atoms with van der Waals surface area (Å²) in [4.78, 5) is 0. The van der Waals surface area contributed by atoms with Crippen LogP contribution in [0.3, 0.4) is 0 Å². The molecule has 2 atom stereocenters. The maximum absolute atomic E-state index is 12.1. The van der Waals surface area contributed by atoms with Crippen LogP contribution in [0, 0.1) is 0 Å². The quantitative estimate of drug-likeness (QED) is 0.752. The molecule has 0 radical (unpaired) electrons. The largest absolute Gasteiger partial charge is 0.379 e. The predicted octanol–water partition coefficient (Wildman–Crippen LogP) is -0.285. The van der Waals surface area contributed by atoms with E-state index in [0.29, 0.717) is 32.3 Å². The van der Waals surface area contributed by atoms with Crippen molar-refractivity contribution in [3.05, 3.63) is 0 Å². The molecule has 2 unspecified atom stereocenters. The summed E-state index contributed by atoms with van der Waals surface area (Å²) in [7, 11) is -3.33. The molecular weight excluding hydrogens is 278 g/mol. The summed E-state index contributed by atoms with van der Waals surface area (Å²) in [5.74, 6) is 0. The van der Waals surface area contributed by atoms with Crippen molar-refractivity contribution in [2.75, 3.05) is 32.8 Å². The Labute approximate surface area is 115 Å². The molecule has 0 saturated carbocycles. The van der Waals surface area contributed by atoms with Crippen LogP contribution in [0.1, 0.15) is 19.8 Å². The van der Waals surface area contributed by atoms with E-state index in [9.17, 15) is 8.42 Å². The van der Waals surface area contributed by atoms with Gasteiger partial charge in [-0.05, 0) is 26.3 Å². The van der Waals surface area contributed by atoms with Gasteiger partial charge in [-0.3, -0.25) is 0 Å². The van der Waals surface area contributed by atoms with E-state index in [1.54, 1.807) is 0 Å². The van der Waals surface area contributed by atoms with Gasteiger partial charge in [-0.15, -0.1) is 12.4 Å². The number of hydrogen-bond acceptors (Lipinski definition) is 4. The second-order valence-corrected chi connectivity index (χ2v) is 6.41. The second-order valence-electron chi connectivity index (χ2n) is 4.71. The summed E-state index contributed by atoms with van der Waals surface area (Å²) in [6.45, 7) is 4.84. The van der Waals surface area contributed by atoms with Crippen LogP contribution in [0.4, 0.5) is 0 Å².